The van der Waals surface area contributed by atoms with Crippen molar-refractivity contribution >= 4 is 17.5 Å². The van der Waals surface area contributed by atoms with Gasteiger partial charge in [0.05, 0.1) is 20.8 Å². The van der Waals surface area contributed by atoms with E-state index in [1.165, 1.54) is 14.2 Å². The van der Waals surface area contributed by atoms with Gasteiger partial charge in [0.2, 0.25) is 5.91 Å². The van der Waals surface area contributed by atoms with Gasteiger partial charge in [-0.3, -0.25) is 9.59 Å². The molecule has 0 saturated carbocycles. The molecule has 0 aliphatic carbocycles. The largest absolute Gasteiger partial charge is 0.496 e. The Kier molecular flexibility index (Phi) is 7.17. The highest BCUT2D eigenvalue weighted by atomic mass is 16.5. The lowest BCUT2D eigenvalue weighted by Gasteiger charge is -2.32. The maximum atomic E-state index is 13.1. The molecule has 1 heterocycles. The van der Waals surface area contributed by atoms with E-state index in [-0.39, 0.29) is 17.7 Å². The second-order valence-electron chi connectivity index (χ2n) is 7.05. The number of benzene rings is 2. The van der Waals surface area contributed by atoms with E-state index in [2.05, 4.69) is 5.32 Å². The van der Waals surface area contributed by atoms with Crippen LogP contribution in [-0.4, -0.2) is 50.6 Å². The van der Waals surface area contributed by atoms with Crippen LogP contribution in [-0.2, 0) is 4.79 Å². The van der Waals surface area contributed by atoms with E-state index >= 15 is 0 Å². The first-order valence-electron chi connectivity index (χ1n) is 10.1. The topological polar surface area (TPSA) is 77.1 Å². The second-order valence-corrected chi connectivity index (χ2v) is 7.05. The third-order valence-corrected chi connectivity index (χ3v) is 5.23. The fraction of sp³-hybridized carbons (Fsp3) is 0.391. The molecule has 1 fully saturated rings. The van der Waals surface area contributed by atoms with Crippen LogP contribution in [0.15, 0.2) is 42.5 Å². The predicted molar refractivity (Wildman–Crippen MR) is 114 cm³/mol. The molecule has 0 unspecified atom stereocenters. The van der Waals surface area contributed by atoms with Crippen LogP contribution >= 0.6 is 0 Å². The van der Waals surface area contributed by atoms with Gasteiger partial charge in [-0.1, -0.05) is 6.07 Å². The number of hydrogen-bond donors (Lipinski definition) is 1. The lowest BCUT2D eigenvalue weighted by molar-refractivity contribution is -0.121. The van der Waals surface area contributed by atoms with Gasteiger partial charge in [0, 0.05) is 24.7 Å². The molecule has 7 heteroatoms. The van der Waals surface area contributed by atoms with Crippen molar-refractivity contribution in [2.24, 2.45) is 5.92 Å². The summed E-state index contributed by atoms with van der Waals surface area (Å²) in [6.45, 7) is 3.53. The van der Waals surface area contributed by atoms with Crippen LogP contribution in [0.1, 0.15) is 30.1 Å². The van der Waals surface area contributed by atoms with Gasteiger partial charge in [-0.25, -0.2) is 0 Å². The molecular formula is C23H28N2O5. The zero-order valence-electron chi connectivity index (χ0n) is 17.6. The minimum absolute atomic E-state index is 0.0267. The number of rotatable bonds is 7. The fourth-order valence-corrected chi connectivity index (χ4v) is 3.61. The van der Waals surface area contributed by atoms with E-state index in [9.17, 15) is 9.59 Å². The molecular weight excluding hydrogens is 384 g/mol. The van der Waals surface area contributed by atoms with Crippen LogP contribution < -0.4 is 19.5 Å². The molecule has 0 bridgehead atoms. The van der Waals surface area contributed by atoms with Gasteiger partial charge in [-0.2, -0.15) is 0 Å². The molecule has 1 saturated heterocycles. The number of carbonyl (C=O) groups excluding carboxylic acids is 2. The smallest absolute Gasteiger partial charge is 0.261 e. The molecule has 0 atom stereocenters. The van der Waals surface area contributed by atoms with Crippen molar-refractivity contribution in [2.45, 2.75) is 19.8 Å². The standard InChI is InChI=1S/C23H28N2O5/c1-4-30-18-10-8-17(9-11-18)24-22(26)16-12-14-25(15-13-16)23(27)21-19(28-2)6-5-7-20(21)29-3/h5-11,16H,4,12-15H2,1-3H3,(H,24,26). The lowest BCUT2D eigenvalue weighted by Crippen LogP contribution is -2.41. The van der Waals surface area contributed by atoms with Crippen LogP contribution in [0, 0.1) is 5.92 Å². The van der Waals surface area contributed by atoms with Crippen molar-refractivity contribution in [1.82, 2.24) is 4.90 Å². The van der Waals surface area contributed by atoms with E-state index in [1.54, 1.807) is 23.1 Å². The summed E-state index contributed by atoms with van der Waals surface area (Å²) in [6.07, 6.45) is 1.21. The van der Waals surface area contributed by atoms with Gasteiger partial charge < -0.3 is 24.4 Å². The molecule has 0 radical (unpaired) electrons. The monoisotopic (exact) mass is 412 g/mol. The summed E-state index contributed by atoms with van der Waals surface area (Å²) < 4.78 is 16.1. The lowest BCUT2D eigenvalue weighted by atomic mass is 9.95. The summed E-state index contributed by atoms with van der Waals surface area (Å²) in [5.41, 5.74) is 1.15. The summed E-state index contributed by atoms with van der Waals surface area (Å²) in [4.78, 5) is 27.5. The highest BCUT2D eigenvalue weighted by molar-refractivity contribution is 6.00. The van der Waals surface area contributed by atoms with Gasteiger partial charge in [-0.15, -0.1) is 0 Å². The van der Waals surface area contributed by atoms with E-state index in [1.807, 2.05) is 31.2 Å². The van der Waals surface area contributed by atoms with Gasteiger partial charge in [0.15, 0.2) is 0 Å². The average molecular weight is 412 g/mol. The van der Waals surface area contributed by atoms with Gasteiger partial charge in [-0.05, 0) is 56.2 Å². The van der Waals surface area contributed by atoms with E-state index < -0.39 is 0 Å². The third kappa shape index (κ3) is 4.84. The number of nitrogens with zero attached hydrogens (tertiary/aromatic N) is 1. The molecule has 3 rings (SSSR count). The van der Waals surface area contributed by atoms with Crippen molar-refractivity contribution in [1.29, 1.82) is 0 Å². The molecule has 1 aliphatic rings. The zero-order chi connectivity index (χ0) is 21.5. The molecule has 0 aromatic heterocycles. The summed E-state index contributed by atoms with van der Waals surface area (Å²) in [7, 11) is 3.06. The van der Waals surface area contributed by atoms with Crippen LogP contribution in [0.3, 0.4) is 0 Å². The number of nitrogens with one attached hydrogen (secondary N) is 1. The van der Waals surface area contributed by atoms with Crippen molar-refractivity contribution in [3.8, 4) is 17.2 Å². The van der Waals surface area contributed by atoms with E-state index in [0.29, 0.717) is 49.6 Å². The number of hydrogen-bond acceptors (Lipinski definition) is 5. The summed E-state index contributed by atoms with van der Waals surface area (Å²) >= 11 is 0. The van der Waals surface area contributed by atoms with Gasteiger partial charge in [0.1, 0.15) is 22.8 Å². The number of anilines is 1. The quantitative estimate of drug-likeness (QED) is 0.752. The average Bonchev–Trinajstić information content (AvgIpc) is 2.79. The molecule has 0 spiro atoms. The molecule has 160 valence electrons. The highest BCUT2D eigenvalue weighted by Gasteiger charge is 2.30. The Labute approximate surface area is 176 Å². The molecule has 2 aromatic rings. The fourth-order valence-electron chi connectivity index (χ4n) is 3.61. The predicted octanol–water partition coefficient (Wildman–Crippen LogP) is 3.59. The minimum Gasteiger partial charge on any atom is -0.496 e. The van der Waals surface area contributed by atoms with Crippen molar-refractivity contribution in [2.75, 3.05) is 39.2 Å². The van der Waals surface area contributed by atoms with E-state index in [0.717, 1.165) is 11.4 Å². The summed E-state index contributed by atoms with van der Waals surface area (Å²) in [5.74, 6) is 1.43. The molecule has 2 aromatic carbocycles. The van der Waals surface area contributed by atoms with Gasteiger partial charge in [0.25, 0.3) is 5.91 Å². The highest BCUT2D eigenvalue weighted by Crippen LogP contribution is 2.31. The first-order chi connectivity index (χ1) is 14.6. The van der Waals surface area contributed by atoms with Crippen molar-refractivity contribution < 1.29 is 23.8 Å². The van der Waals surface area contributed by atoms with Crippen LogP contribution in [0.4, 0.5) is 5.69 Å². The summed E-state index contributed by atoms with van der Waals surface area (Å²) in [5, 5.41) is 2.96. The number of piperidine rings is 1. The molecule has 7 nitrogen and oxygen atoms in total. The minimum atomic E-state index is -0.144. The Balaban J connectivity index is 1.59. The SMILES string of the molecule is CCOc1ccc(NC(=O)C2CCN(C(=O)c3c(OC)cccc3OC)CC2)cc1. The van der Waals surface area contributed by atoms with Crippen molar-refractivity contribution in [3.05, 3.63) is 48.0 Å². The summed E-state index contributed by atoms with van der Waals surface area (Å²) in [6, 6.07) is 12.6. The zero-order valence-corrected chi connectivity index (χ0v) is 17.6. The maximum absolute atomic E-state index is 13.1. The first-order valence-corrected chi connectivity index (χ1v) is 10.1. The Morgan fingerprint density at radius 3 is 2.13 bits per heavy atom. The van der Waals surface area contributed by atoms with Crippen LogP contribution in [0.5, 0.6) is 17.2 Å². The van der Waals surface area contributed by atoms with Crippen LogP contribution in [0.2, 0.25) is 0 Å². The number of amides is 2. The van der Waals surface area contributed by atoms with E-state index in [4.69, 9.17) is 14.2 Å². The Morgan fingerprint density at radius 2 is 1.60 bits per heavy atom. The van der Waals surface area contributed by atoms with Crippen LogP contribution in [0.25, 0.3) is 0 Å². The normalized spacial score (nSPS) is 14.2. The number of methoxy groups -OCH3 is 2. The number of carbonyl (C=O) groups is 2. The molecule has 2 amide bonds. The van der Waals surface area contributed by atoms with Crippen molar-refractivity contribution in [3.63, 3.8) is 0 Å². The van der Waals surface area contributed by atoms with Gasteiger partial charge >= 0.3 is 0 Å². The molecule has 30 heavy (non-hydrogen) atoms. The third-order valence-electron chi connectivity index (χ3n) is 5.23. The first kappa shape index (κ1) is 21.5. The number of likely N-dealkylation sites (tertiary alicyclic amines) is 1. The Hall–Kier alpha value is -3.22. The molecule has 1 N–H and O–H groups in total. The molecule has 1 aliphatic heterocycles. The maximum Gasteiger partial charge on any atom is 0.261 e. The number of ether oxygens (including phenoxy) is 3. The Morgan fingerprint density at radius 1 is 1.00 bits per heavy atom. The Bertz CT molecular complexity index is 851. The second kappa shape index (κ2) is 10.0.